The van der Waals surface area contributed by atoms with Gasteiger partial charge in [-0.25, -0.2) is 0 Å². The van der Waals surface area contributed by atoms with E-state index in [0.29, 0.717) is 0 Å². The van der Waals surface area contributed by atoms with Crippen molar-refractivity contribution in [3.63, 3.8) is 0 Å². The second-order valence-corrected chi connectivity index (χ2v) is 6.03. The molecule has 1 N–H and O–H groups in total. The van der Waals surface area contributed by atoms with Crippen LogP contribution in [0, 0.1) is 0 Å². The van der Waals surface area contributed by atoms with Crippen LogP contribution < -0.4 is 5.32 Å². The first-order valence-corrected chi connectivity index (χ1v) is 7.15. The minimum atomic E-state index is 1.21. The van der Waals surface area contributed by atoms with Gasteiger partial charge in [0.1, 0.15) is 0 Å². The zero-order valence-electron chi connectivity index (χ0n) is 8.94. The lowest BCUT2D eigenvalue weighted by molar-refractivity contribution is 1.34. The summed E-state index contributed by atoms with van der Waals surface area (Å²) in [6, 6.07) is 15.1. The molecule has 0 fully saturated rings. The number of rotatable bonds is 0. The van der Waals surface area contributed by atoms with Gasteiger partial charge in [-0.3, -0.25) is 0 Å². The van der Waals surface area contributed by atoms with Gasteiger partial charge in [-0.1, -0.05) is 23.9 Å². The topological polar surface area (TPSA) is 12.0 Å². The van der Waals surface area contributed by atoms with Crippen molar-refractivity contribution in [2.24, 2.45) is 0 Å². The molecule has 0 spiro atoms. The average molecular weight is 255 g/mol. The number of anilines is 2. The van der Waals surface area contributed by atoms with Crippen LogP contribution in [0.4, 0.5) is 11.4 Å². The van der Waals surface area contributed by atoms with E-state index >= 15 is 0 Å². The molecule has 0 amide bonds. The highest BCUT2D eigenvalue weighted by molar-refractivity contribution is 7.99. The summed E-state index contributed by atoms with van der Waals surface area (Å²) < 4.78 is 1.34. The van der Waals surface area contributed by atoms with Gasteiger partial charge in [-0.15, -0.1) is 11.3 Å². The third-order valence-electron chi connectivity index (χ3n) is 2.96. The molecule has 2 heterocycles. The highest BCUT2D eigenvalue weighted by atomic mass is 32.2. The summed E-state index contributed by atoms with van der Waals surface area (Å²) in [5.41, 5.74) is 2.47. The summed E-state index contributed by atoms with van der Waals surface area (Å²) >= 11 is 3.64. The molecule has 3 aromatic rings. The van der Waals surface area contributed by atoms with Crippen molar-refractivity contribution in [2.75, 3.05) is 5.32 Å². The normalized spacial score (nSPS) is 12.9. The van der Waals surface area contributed by atoms with E-state index in [0.717, 1.165) is 0 Å². The van der Waals surface area contributed by atoms with Crippen LogP contribution in [0.25, 0.3) is 10.1 Å². The van der Waals surface area contributed by atoms with Gasteiger partial charge >= 0.3 is 0 Å². The predicted molar refractivity (Wildman–Crippen MR) is 75.7 cm³/mol. The molecule has 1 aromatic heterocycles. The molecule has 2 aromatic carbocycles. The maximum atomic E-state index is 3.56. The molecule has 0 saturated heterocycles. The van der Waals surface area contributed by atoms with Crippen LogP contribution in [0.2, 0.25) is 0 Å². The van der Waals surface area contributed by atoms with Crippen LogP contribution >= 0.6 is 23.1 Å². The lowest BCUT2D eigenvalue weighted by Gasteiger charge is -2.21. The van der Waals surface area contributed by atoms with Crippen LogP contribution in [-0.4, -0.2) is 0 Å². The van der Waals surface area contributed by atoms with Gasteiger partial charge in [0.05, 0.1) is 11.4 Å². The molecule has 0 unspecified atom stereocenters. The molecule has 0 saturated carbocycles. The lowest BCUT2D eigenvalue weighted by Crippen LogP contribution is -1.99. The van der Waals surface area contributed by atoms with Crippen molar-refractivity contribution >= 4 is 44.6 Å². The second-order valence-electron chi connectivity index (χ2n) is 3.99. The largest absolute Gasteiger partial charge is 0.353 e. The lowest BCUT2D eigenvalue weighted by atomic mass is 10.2. The average Bonchev–Trinajstić information content (AvgIpc) is 2.85. The van der Waals surface area contributed by atoms with Gasteiger partial charge < -0.3 is 5.32 Å². The smallest absolute Gasteiger partial charge is 0.0614 e. The van der Waals surface area contributed by atoms with Crippen molar-refractivity contribution in [2.45, 2.75) is 9.79 Å². The van der Waals surface area contributed by atoms with E-state index < -0.39 is 0 Å². The van der Waals surface area contributed by atoms with E-state index in [1.54, 1.807) is 11.3 Å². The van der Waals surface area contributed by atoms with Crippen molar-refractivity contribution < 1.29 is 0 Å². The van der Waals surface area contributed by atoms with Crippen molar-refractivity contribution in [3.05, 3.63) is 47.8 Å². The number of hydrogen-bond donors (Lipinski definition) is 1. The van der Waals surface area contributed by atoms with Gasteiger partial charge in [0.15, 0.2) is 0 Å². The van der Waals surface area contributed by atoms with Crippen LogP contribution in [0.3, 0.4) is 0 Å². The standard InChI is InChI=1S/C14H9NS2/c1-2-4-12-10(3-1)15-14-9-7-8-16-11(9)5-6-13(14)17-12/h1-8,15H. The number of benzene rings is 2. The van der Waals surface area contributed by atoms with E-state index in [9.17, 15) is 0 Å². The molecule has 0 aliphatic carbocycles. The first kappa shape index (κ1) is 9.57. The number of para-hydroxylation sites is 1. The fourth-order valence-corrected chi connectivity index (χ4v) is 3.96. The highest BCUT2D eigenvalue weighted by Crippen LogP contribution is 2.47. The van der Waals surface area contributed by atoms with E-state index in [-0.39, 0.29) is 0 Å². The third-order valence-corrected chi connectivity index (χ3v) is 4.98. The summed E-state index contributed by atoms with van der Waals surface area (Å²) in [4.78, 5) is 2.61. The van der Waals surface area contributed by atoms with E-state index in [2.05, 4.69) is 53.2 Å². The van der Waals surface area contributed by atoms with Crippen molar-refractivity contribution in [1.82, 2.24) is 0 Å². The number of nitrogens with one attached hydrogen (secondary N) is 1. The first-order valence-electron chi connectivity index (χ1n) is 5.46. The van der Waals surface area contributed by atoms with Crippen LogP contribution in [0.15, 0.2) is 57.6 Å². The molecule has 1 nitrogen and oxygen atoms in total. The number of fused-ring (bicyclic) bond motifs is 4. The van der Waals surface area contributed by atoms with E-state index in [1.807, 2.05) is 11.8 Å². The molecule has 0 atom stereocenters. The third kappa shape index (κ3) is 1.39. The highest BCUT2D eigenvalue weighted by Gasteiger charge is 2.17. The quantitative estimate of drug-likeness (QED) is 0.468. The van der Waals surface area contributed by atoms with Crippen molar-refractivity contribution in [3.8, 4) is 0 Å². The van der Waals surface area contributed by atoms with Gasteiger partial charge in [-0.2, -0.15) is 0 Å². The fraction of sp³-hybridized carbons (Fsp3) is 0. The predicted octanol–water partition coefficient (Wildman–Crippen LogP) is 5.11. The van der Waals surface area contributed by atoms with E-state index in [4.69, 9.17) is 0 Å². The minimum absolute atomic E-state index is 1.21. The zero-order chi connectivity index (χ0) is 11.2. The Balaban J connectivity index is 1.98. The molecular weight excluding hydrogens is 246 g/mol. The molecule has 17 heavy (non-hydrogen) atoms. The molecule has 0 bridgehead atoms. The Labute approximate surface area is 107 Å². The molecule has 3 heteroatoms. The molecule has 1 aliphatic heterocycles. The van der Waals surface area contributed by atoms with Gasteiger partial charge in [0, 0.05) is 19.9 Å². The molecule has 82 valence electrons. The summed E-state index contributed by atoms with van der Waals surface area (Å²) in [7, 11) is 0. The molecule has 4 rings (SSSR count). The van der Waals surface area contributed by atoms with Gasteiger partial charge in [0.25, 0.3) is 0 Å². The Kier molecular flexibility index (Phi) is 1.98. The molecular formula is C14H9NS2. The zero-order valence-corrected chi connectivity index (χ0v) is 10.6. The summed E-state index contributed by atoms with van der Waals surface area (Å²) in [5.74, 6) is 0. The summed E-state index contributed by atoms with van der Waals surface area (Å²) in [5, 5.41) is 7.03. The van der Waals surface area contributed by atoms with Gasteiger partial charge in [0.2, 0.25) is 0 Å². The SMILES string of the molecule is c1ccc2c(c1)Nc1c(ccc3sccc13)S2. The summed E-state index contributed by atoms with van der Waals surface area (Å²) in [6.07, 6.45) is 0. The Morgan fingerprint density at radius 2 is 1.82 bits per heavy atom. The van der Waals surface area contributed by atoms with Crippen LogP contribution in [0.1, 0.15) is 0 Å². The maximum Gasteiger partial charge on any atom is 0.0614 e. The van der Waals surface area contributed by atoms with Crippen LogP contribution in [0.5, 0.6) is 0 Å². The fourth-order valence-electron chi connectivity index (χ4n) is 2.15. The Hall–Kier alpha value is -1.45. The van der Waals surface area contributed by atoms with Crippen molar-refractivity contribution in [1.29, 1.82) is 0 Å². The Morgan fingerprint density at radius 1 is 0.882 bits per heavy atom. The number of hydrogen-bond acceptors (Lipinski definition) is 3. The first-order chi connectivity index (χ1) is 8.42. The monoisotopic (exact) mass is 255 g/mol. The summed E-state index contributed by atoms with van der Waals surface area (Å²) in [6.45, 7) is 0. The number of thiophene rings is 1. The molecule has 1 aliphatic rings. The maximum absolute atomic E-state index is 3.56. The second kappa shape index (κ2) is 3.52. The Morgan fingerprint density at radius 3 is 2.82 bits per heavy atom. The Bertz CT molecular complexity index is 715. The minimum Gasteiger partial charge on any atom is -0.353 e. The van der Waals surface area contributed by atoms with E-state index in [1.165, 1.54) is 31.3 Å². The van der Waals surface area contributed by atoms with Gasteiger partial charge in [-0.05, 0) is 35.7 Å². The van der Waals surface area contributed by atoms with Crippen LogP contribution in [-0.2, 0) is 0 Å². The molecule has 0 radical (unpaired) electrons.